The Kier molecular flexibility index (Phi) is 10.2. The monoisotopic (exact) mass is 409 g/mol. The fourth-order valence-corrected chi connectivity index (χ4v) is 3.19. The van der Waals surface area contributed by atoms with Gasteiger partial charge in [0.25, 0.3) is 11.8 Å². The van der Waals surface area contributed by atoms with Crippen molar-refractivity contribution in [1.29, 1.82) is 0 Å². The highest BCUT2D eigenvalue weighted by atomic mass is 16.2. The molecule has 0 aliphatic heterocycles. The summed E-state index contributed by atoms with van der Waals surface area (Å²) in [4.78, 5) is 31.0. The van der Waals surface area contributed by atoms with E-state index in [1.54, 1.807) is 18.3 Å². The molecule has 0 aliphatic rings. The standard InChI is InChI=1S/C23H31N5O2/c1-3-28(4-2)21(23(30)27-26-18-20-14-8-10-16-24-20)15-9-11-17-25-22(29)19-12-6-5-7-13-19/h5-8,10,12-14,16,18,21H,3-4,9,11,15,17H2,1-2H3,(H,25,29)(H,27,30)/b26-18+. The number of nitrogens with one attached hydrogen (secondary N) is 2. The lowest BCUT2D eigenvalue weighted by Gasteiger charge is -2.27. The quantitative estimate of drug-likeness (QED) is 0.321. The van der Waals surface area contributed by atoms with Gasteiger partial charge in [-0.1, -0.05) is 38.1 Å². The molecule has 0 radical (unpaired) electrons. The first-order valence-electron chi connectivity index (χ1n) is 10.5. The Morgan fingerprint density at radius 2 is 1.80 bits per heavy atom. The summed E-state index contributed by atoms with van der Waals surface area (Å²) in [5.41, 5.74) is 3.98. The van der Waals surface area contributed by atoms with Gasteiger partial charge in [-0.05, 0) is 56.6 Å². The molecule has 7 heteroatoms. The summed E-state index contributed by atoms with van der Waals surface area (Å²) in [5, 5.41) is 6.97. The second kappa shape index (κ2) is 13.2. The number of nitrogens with zero attached hydrogens (tertiary/aromatic N) is 3. The molecular weight excluding hydrogens is 378 g/mol. The van der Waals surface area contributed by atoms with E-state index in [4.69, 9.17) is 0 Å². The molecule has 7 nitrogen and oxygen atoms in total. The molecule has 2 N–H and O–H groups in total. The normalized spacial score (nSPS) is 12.1. The predicted octanol–water partition coefficient (Wildman–Crippen LogP) is 2.84. The van der Waals surface area contributed by atoms with E-state index in [1.807, 2.05) is 50.2 Å². The van der Waals surface area contributed by atoms with Crippen LogP contribution in [-0.2, 0) is 4.79 Å². The molecule has 1 unspecified atom stereocenters. The smallest absolute Gasteiger partial charge is 0.257 e. The summed E-state index contributed by atoms with van der Waals surface area (Å²) in [6.07, 6.45) is 5.55. The van der Waals surface area contributed by atoms with Crippen molar-refractivity contribution in [2.75, 3.05) is 19.6 Å². The van der Waals surface area contributed by atoms with Crippen molar-refractivity contribution in [3.8, 4) is 0 Å². The summed E-state index contributed by atoms with van der Waals surface area (Å²) in [7, 11) is 0. The lowest BCUT2D eigenvalue weighted by molar-refractivity contribution is -0.126. The van der Waals surface area contributed by atoms with Crippen LogP contribution in [0, 0.1) is 0 Å². The molecule has 1 aromatic heterocycles. The molecule has 1 aromatic carbocycles. The largest absolute Gasteiger partial charge is 0.352 e. The number of hydrogen-bond donors (Lipinski definition) is 2. The van der Waals surface area contributed by atoms with Crippen LogP contribution in [0.3, 0.4) is 0 Å². The SMILES string of the molecule is CCN(CC)C(CCCCNC(=O)c1ccccc1)C(=O)N/N=C/c1ccccn1. The Bertz CT molecular complexity index is 792. The van der Waals surface area contributed by atoms with E-state index in [2.05, 4.69) is 25.7 Å². The van der Waals surface area contributed by atoms with Gasteiger partial charge in [-0.2, -0.15) is 5.10 Å². The zero-order valence-corrected chi connectivity index (χ0v) is 17.8. The lowest BCUT2D eigenvalue weighted by Crippen LogP contribution is -2.45. The molecule has 2 rings (SSSR count). The number of benzene rings is 1. The number of likely N-dealkylation sites (N-methyl/N-ethyl adjacent to an activating group) is 1. The van der Waals surface area contributed by atoms with Crippen LogP contribution in [0.4, 0.5) is 0 Å². The van der Waals surface area contributed by atoms with Gasteiger partial charge in [0.05, 0.1) is 18.0 Å². The van der Waals surface area contributed by atoms with Crippen molar-refractivity contribution in [3.63, 3.8) is 0 Å². The van der Waals surface area contributed by atoms with Crippen molar-refractivity contribution in [3.05, 3.63) is 66.0 Å². The molecule has 0 saturated carbocycles. The van der Waals surface area contributed by atoms with Crippen LogP contribution < -0.4 is 10.7 Å². The summed E-state index contributed by atoms with van der Waals surface area (Å²) < 4.78 is 0. The van der Waals surface area contributed by atoms with Gasteiger partial charge in [-0.3, -0.25) is 19.5 Å². The number of amides is 2. The van der Waals surface area contributed by atoms with Gasteiger partial charge in [0.1, 0.15) is 0 Å². The molecule has 1 heterocycles. The number of carbonyl (C=O) groups excluding carboxylic acids is 2. The van der Waals surface area contributed by atoms with Gasteiger partial charge in [0.15, 0.2) is 0 Å². The highest BCUT2D eigenvalue weighted by Gasteiger charge is 2.23. The first-order valence-corrected chi connectivity index (χ1v) is 10.5. The minimum atomic E-state index is -0.259. The third-order valence-corrected chi connectivity index (χ3v) is 4.84. The van der Waals surface area contributed by atoms with Crippen LogP contribution in [-0.4, -0.2) is 53.6 Å². The minimum absolute atomic E-state index is 0.0718. The third-order valence-electron chi connectivity index (χ3n) is 4.84. The van der Waals surface area contributed by atoms with Crippen LogP contribution in [0.5, 0.6) is 0 Å². The van der Waals surface area contributed by atoms with Gasteiger partial charge in [0.2, 0.25) is 0 Å². The van der Waals surface area contributed by atoms with Crippen molar-refractivity contribution in [1.82, 2.24) is 20.6 Å². The molecule has 30 heavy (non-hydrogen) atoms. The zero-order valence-electron chi connectivity index (χ0n) is 17.8. The number of hydrazone groups is 1. The third kappa shape index (κ3) is 7.75. The maximum atomic E-state index is 12.7. The molecule has 0 spiro atoms. The fraction of sp³-hybridized carbons (Fsp3) is 0.391. The first kappa shape index (κ1) is 23.2. The van der Waals surface area contributed by atoms with Gasteiger partial charge in [-0.15, -0.1) is 0 Å². The van der Waals surface area contributed by atoms with Gasteiger partial charge >= 0.3 is 0 Å². The number of aromatic nitrogens is 1. The van der Waals surface area contributed by atoms with Gasteiger partial charge in [0, 0.05) is 18.3 Å². The molecular formula is C23H31N5O2. The fourth-order valence-electron chi connectivity index (χ4n) is 3.19. The van der Waals surface area contributed by atoms with Crippen LogP contribution in [0.15, 0.2) is 59.8 Å². The van der Waals surface area contributed by atoms with E-state index in [0.717, 1.165) is 25.9 Å². The van der Waals surface area contributed by atoms with E-state index >= 15 is 0 Å². The topological polar surface area (TPSA) is 86.7 Å². The molecule has 1 atom stereocenters. The number of carbonyl (C=O) groups is 2. The second-order valence-electron chi connectivity index (χ2n) is 6.84. The van der Waals surface area contributed by atoms with Gasteiger partial charge < -0.3 is 5.32 Å². The maximum Gasteiger partial charge on any atom is 0.257 e. The van der Waals surface area contributed by atoms with Gasteiger partial charge in [-0.25, -0.2) is 5.43 Å². The van der Waals surface area contributed by atoms with Crippen molar-refractivity contribution < 1.29 is 9.59 Å². The Morgan fingerprint density at radius 1 is 1.07 bits per heavy atom. The average molecular weight is 410 g/mol. The number of hydrogen-bond acceptors (Lipinski definition) is 5. The van der Waals surface area contributed by atoms with Crippen LogP contribution >= 0.6 is 0 Å². The van der Waals surface area contributed by atoms with Crippen LogP contribution in [0.25, 0.3) is 0 Å². The van der Waals surface area contributed by atoms with Crippen molar-refractivity contribution >= 4 is 18.0 Å². The highest BCUT2D eigenvalue weighted by molar-refractivity contribution is 5.94. The molecule has 0 saturated heterocycles. The summed E-state index contributed by atoms with van der Waals surface area (Å²) in [6, 6.07) is 14.4. The van der Waals surface area contributed by atoms with Crippen molar-refractivity contribution in [2.24, 2.45) is 5.10 Å². The Labute approximate surface area is 178 Å². The van der Waals surface area contributed by atoms with Crippen LogP contribution in [0.2, 0.25) is 0 Å². The average Bonchev–Trinajstić information content (AvgIpc) is 2.79. The van der Waals surface area contributed by atoms with Crippen LogP contribution in [0.1, 0.15) is 49.2 Å². The number of pyridine rings is 1. The molecule has 0 bridgehead atoms. The molecule has 2 aromatic rings. The summed E-state index contributed by atoms with van der Waals surface area (Å²) in [5.74, 6) is -0.198. The number of unbranched alkanes of at least 4 members (excludes halogenated alkanes) is 1. The Hall–Kier alpha value is -3.06. The van der Waals surface area contributed by atoms with Crippen molar-refractivity contribution in [2.45, 2.75) is 39.2 Å². The highest BCUT2D eigenvalue weighted by Crippen LogP contribution is 2.09. The zero-order chi connectivity index (χ0) is 21.6. The molecule has 160 valence electrons. The minimum Gasteiger partial charge on any atom is -0.352 e. The Morgan fingerprint density at radius 3 is 2.47 bits per heavy atom. The first-order chi connectivity index (χ1) is 14.7. The number of rotatable bonds is 12. The van der Waals surface area contributed by atoms with E-state index in [9.17, 15) is 9.59 Å². The summed E-state index contributed by atoms with van der Waals surface area (Å²) in [6.45, 7) is 6.23. The maximum absolute atomic E-state index is 12.7. The Balaban J connectivity index is 1.80. The second-order valence-corrected chi connectivity index (χ2v) is 6.84. The molecule has 0 fully saturated rings. The summed E-state index contributed by atoms with van der Waals surface area (Å²) >= 11 is 0. The van der Waals surface area contributed by atoms with E-state index < -0.39 is 0 Å². The van der Waals surface area contributed by atoms with E-state index in [1.165, 1.54) is 6.21 Å². The molecule has 0 aliphatic carbocycles. The van der Waals surface area contributed by atoms with E-state index in [0.29, 0.717) is 24.2 Å². The molecule has 2 amide bonds. The predicted molar refractivity (Wildman–Crippen MR) is 119 cm³/mol. The lowest BCUT2D eigenvalue weighted by atomic mass is 10.1. The van der Waals surface area contributed by atoms with E-state index in [-0.39, 0.29) is 17.9 Å².